The number of ether oxygens (including phenoxy) is 3. The first kappa shape index (κ1) is 71.4. The van der Waals surface area contributed by atoms with Crippen molar-refractivity contribution in [3.05, 3.63) is 48.6 Å². The van der Waals surface area contributed by atoms with Crippen LogP contribution in [0.1, 0.15) is 348 Å². The normalized spacial score (nSPS) is 12.3. The SMILES string of the molecule is CCC/C=C\C/C=C\CCCCCCCC(=O)OCC(COC(=O)CCCCCCCCCCCCCCC/C=C\CCCCCCCCCC)OC(=O)CCCCCCCCC/C=C\CCCCCCCCC. The van der Waals surface area contributed by atoms with Crippen molar-refractivity contribution in [1.29, 1.82) is 0 Å². The van der Waals surface area contributed by atoms with Crippen molar-refractivity contribution in [1.82, 2.24) is 0 Å². The maximum atomic E-state index is 12.9. The van der Waals surface area contributed by atoms with Gasteiger partial charge >= 0.3 is 17.9 Å². The smallest absolute Gasteiger partial charge is 0.306 e. The van der Waals surface area contributed by atoms with Crippen LogP contribution in [0.4, 0.5) is 0 Å². The van der Waals surface area contributed by atoms with Gasteiger partial charge in [-0.2, -0.15) is 0 Å². The third-order valence-electron chi connectivity index (χ3n) is 14.5. The van der Waals surface area contributed by atoms with Gasteiger partial charge in [-0.1, -0.05) is 281 Å². The molecule has 0 aliphatic heterocycles. The summed E-state index contributed by atoms with van der Waals surface area (Å²) in [7, 11) is 0. The maximum absolute atomic E-state index is 12.9. The highest BCUT2D eigenvalue weighted by Crippen LogP contribution is 2.17. The van der Waals surface area contributed by atoms with E-state index in [1.54, 1.807) is 0 Å². The van der Waals surface area contributed by atoms with E-state index in [1.807, 2.05) is 0 Å². The molecule has 0 fully saturated rings. The Hall–Kier alpha value is -2.63. The molecule has 6 nitrogen and oxygen atoms in total. The standard InChI is InChI=1S/C68H124O6/c1-4-7-10-13-16-19-22-25-27-29-31-32-33-34-35-36-37-39-40-43-46-49-52-55-58-61-67(70)73-64-65(63-72-66(69)60-57-54-51-48-45-42-24-21-18-15-12-9-6-3)74-68(71)62-59-56-53-50-47-44-41-38-30-28-26-23-20-17-14-11-8-5-2/h12,15,21,24,28-31,65H,4-11,13-14,16-20,22-23,25-27,32-64H2,1-3H3/b15-12-,24-21-,30-28-,31-29-. The van der Waals surface area contributed by atoms with Crippen molar-refractivity contribution in [2.75, 3.05) is 13.2 Å². The first-order valence-electron chi connectivity index (χ1n) is 32.6. The molecule has 0 saturated heterocycles. The van der Waals surface area contributed by atoms with Crippen LogP contribution < -0.4 is 0 Å². The lowest BCUT2D eigenvalue weighted by atomic mass is 10.0. The molecule has 0 aromatic carbocycles. The van der Waals surface area contributed by atoms with Crippen molar-refractivity contribution in [2.45, 2.75) is 354 Å². The van der Waals surface area contributed by atoms with E-state index in [2.05, 4.69) is 69.4 Å². The summed E-state index contributed by atoms with van der Waals surface area (Å²) in [5.74, 6) is -0.877. The minimum atomic E-state index is -0.781. The molecule has 0 saturated carbocycles. The van der Waals surface area contributed by atoms with Gasteiger partial charge in [0.2, 0.25) is 0 Å². The van der Waals surface area contributed by atoms with E-state index < -0.39 is 6.10 Å². The topological polar surface area (TPSA) is 78.9 Å². The van der Waals surface area contributed by atoms with Crippen molar-refractivity contribution in [3.63, 3.8) is 0 Å². The van der Waals surface area contributed by atoms with Crippen molar-refractivity contribution in [3.8, 4) is 0 Å². The zero-order chi connectivity index (χ0) is 53.6. The van der Waals surface area contributed by atoms with E-state index in [4.69, 9.17) is 14.2 Å². The van der Waals surface area contributed by atoms with E-state index in [9.17, 15) is 14.4 Å². The van der Waals surface area contributed by atoms with Gasteiger partial charge in [-0.15, -0.1) is 0 Å². The molecule has 0 heterocycles. The fourth-order valence-electron chi connectivity index (χ4n) is 9.59. The summed E-state index contributed by atoms with van der Waals surface area (Å²) < 4.78 is 16.9. The maximum Gasteiger partial charge on any atom is 0.306 e. The van der Waals surface area contributed by atoms with Gasteiger partial charge in [-0.25, -0.2) is 0 Å². The second kappa shape index (κ2) is 62.9. The average molecular weight is 1040 g/mol. The second-order valence-corrected chi connectivity index (χ2v) is 22.0. The lowest BCUT2D eigenvalue weighted by Gasteiger charge is -2.18. The van der Waals surface area contributed by atoms with Gasteiger partial charge in [0.25, 0.3) is 0 Å². The van der Waals surface area contributed by atoms with Crippen LogP contribution in [-0.2, 0) is 28.6 Å². The molecule has 0 bridgehead atoms. The van der Waals surface area contributed by atoms with Crippen LogP contribution in [-0.4, -0.2) is 37.2 Å². The fourth-order valence-corrected chi connectivity index (χ4v) is 9.59. The molecule has 0 N–H and O–H groups in total. The highest BCUT2D eigenvalue weighted by atomic mass is 16.6. The summed E-state index contributed by atoms with van der Waals surface area (Å²) in [6, 6.07) is 0. The first-order valence-corrected chi connectivity index (χ1v) is 32.6. The van der Waals surface area contributed by atoms with E-state index in [-0.39, 0.29) is 31.1 Å². The van der Waals surface area contributed by atoms with Gasteiger partial charge in [0.05, 0.1) is 0 Å². The lowest BCUT2D eigenvalue weighted by Crippen LogP contribution is -2.30. The van der Waals surface area contributed by atoms with Gasteiger partial charge in [0.1, 0.15) is 13.2 Å². The van der Waals surface area contributed by atoms with Gasteiger partial charge in [0, 0.05) is 19.3 Å². The number of unbranched alkanes of at least 4 members (excludes halogenated alkanes) is 41. The molecule has 0 aliphatic carbocycles. The van der Waals surface area contributed by atoms with Crippen molar-refractivity contribution < 1.29 is 28.6 Å². The predicted molar refractivity (Wildman–Crippen MR) is 321 cm³/mol. The summed E-state index contributed by atoms with van der Waals surface area (Å²) in [5, 5.41) is 0. The molecule has 1 unspecified atom stereocenters. The third kappa shape index (κ3) is 60.2. The average Bonchev–Trinajstić information content (AvgIpc) is 3.40. The fraction of sp³-hybridized carbons (Fsp3) is 0.838. The zero-order valence-corrected chi connectivity index (χ0v) is 49.6. The Morgan fingerprint density at radius 2 is 0.514 bits per heavy atom. The number of rotatable bonds is 60. The van der Waals surface area contributed by atoms with Crippen LogP contribution in [0.5, 0.6) is 0 Å². The molecule has 0 radical (unpaired) electrons. The summed E-state index contributed by atoms with van der Waals surface area (Å²) in [6.07, 6.45) is 78.4. The predicted octanol–water partition coefficient (Wildman–Crippen LogP) is 22.2. The van der Waals surface area contributed by atoms with Crippen molar-refractivity contribution in [2.24, 2.45) is 0 Å². The number of hydrogen-bond acceptors (Lipinski definition) is 6. The quantitative estimate of drug-likeness (QED) is 0.0261. The van der Waals surface area contributed by atoms with Gasteiger partial charge < -0.3 is 14.2 Å². The summed E-state index contributed by atoms with van der Waals surface area (Å²) in [6.45, 7) is 6.61. The molecule has 0 amide bonds. The molecular formula is C68H124O6. The molecule has 0 spiro atoms. The monoisotopic (exact) mass is 1040 g/mol. The molecule has 0 aromatic rings. The second-order valence-electron chi connectivity index (χ2n) is 22.0. The van der Waals surface area contributed by atoms with E-state index in [0.29, 0.717) is 19.3 Å². The van der Waals surface area contributed by atoms with E-state index in [0.717, 1.165) is 83.5 Å². The Kier molecular flexibility index (Phi) is 60.7. The van der Waals surface area contributed by atoms with Crippen molar-refractivity contribution >= 4 is 17.9 Å². The van der Waals surface area contributed by atoms with E-state index in [1.165, 1.54) is 225 Å². The highest BCUT2D eigenvalue weighted by molar-refractivity contribution is 5.71. The van der Waals surface area contributed by atoms with Gasteiger partial charge in [-0.3, -0.25) is 14.4 Å². The molecular weight excluding hydrogens is 913 g/mol. The minimum Gasteiger partial charge on any atom is -0.462 e. The van der Waals surface area contributed by atoms with Crippen LogP contribution in [0.2, 0.25) is 0 Å². The summed E-state index contributed by atoms with van der Waals surface area (Å²) >= 11 is 0. The van der Waals surface area contributed by atoms with Gasteiger partial charge in [0.15, 0.2) is 6.10 Å². The molecule has 74 heavy (non-hydrogen) atoms. The Balaban J connectivity index is 4.26. The largest absolute Gasteiger partial charge is 0.462 e. The number of carbonyl (C=O) groups excluding carboxylic acids is 3. The Labute approximate surface area is 460 Å². The molecule has 0 rings (SSSR count). The minimum absolute atomic E-state index is 0.0770. The van der Waals surface area contributed by atoms with Crippen LogP contribution >= 0.6 is 0 Å². The number of carbonyl (C=O) groups is 3. The Morgan fingerprint density at radius 1 is 0.270 bits per heavy atom. The zero-order valence-electron chi connectivity index (χ0n) is 49.6. The Morgan fingerprint density at radius 3 is 0.811 bits per heavy atom. The Bertz CT molecular complexity index is 1280. The van der Waals surface area contributed by atoms with Crippen LogP contribution in [0, 0.1) is 0 Å². The molecule has 0 aromatic heterocycles. The number of esters is 3. The number of hydrogen-bond donors (Lipinski definition) is 0. The lowest BCUT2D eigenvalue weighted by molar-refractivity contribution is -0.167. The highest BCUT2D eigenvalue weighted by Gasteiger charge is 2.19. The summed E-state index contributed by atoms with van der Waals surface area (Å²) in [5.41, 5.74) is 0. The molecule has 1 atom stereocenters. The molecule has 0 aliphatic rings. The summed E-state index contributed by atoms with van der Waals surface area (Å²) in [4.78, 5) is 38.3. The third-order valence-corrected chi connectivity index (χ3v) is 14.5. The van der Waals surface area contributed by atoms with Crippen LogP contribution in [0.25, 0.3) is 0 Å². The van der Waals surface area contributed by atoms with Crippen LogP contribution in [0.3, 0.4) is 0 Å². The van der Waals surface area contributed by atoms with E-state index >= 15 is 0 Å². The number of allylic oxidation sites excluding steroid dienone is 8. The molecule has 6 heteroatoms. The first-order chi connectivity index (χ1) is 36.5. The van der Waals surface area contributed by atoms with Crippen LogP contribution in [0.15, 0.2) is 48.6 Å². The molecule has 432 valence electrons. The van der Waals surface area contributed by atoms with Gasteiger partial charge in [-0.05, 0) is 96.3 Å².